The highest BCUT2D eigenvalue weighted by atomic mass is 16.5. The van der Waals surface area contributed by atoms with Crippen molar-refractivity contribution in [3.05, 3.63) is 36.4 Å². The Hall–Kier alpha value is -1.52. The smallest absolute Gasteiger partial charge is 0.124 e. The van der Waals surface area contributed by atoms with Gasteiger partial charge in [-0.3, -0.25) is 4.90 Å². The minimum absolute atomic E-state index is 0.237. The Morgan fingerprint density at radius 1 is 1.45 bits per heavy atom. The van der Waals surface area contributed by atoms with Gasteiger partial charge in [0.2, 0.25) is 0 Å². The maximum Gasteiger partial charge on any atom is 0.124 e. The topological polar surface area (TPSA) is 44.7 Å². The number of piperazine rings is 1. The number of aromatic hydroxyl groups is 1. The number of phenolic OH excluding ortho intramolecular Hbond substituents is 1. The van der Waals surface area contributed by atoms with Crippen LogP contribution in [0.5, 0.6) is 11.5 Å². The maximum atomic E-state index is 10.3. The predicted octanol–water partition coefficient (Wildman–Crippen LogP) is 2.31. The van der Waals surface area contributed by atoms with Gasteiger partial charge in [-0.1, -0.05) is 12.1 Å². The first kappa shape index (κ1) is 14.9. The summed E-state index contributed by atoms with van der Waals surface area (Å²) in [6.45, 7) is 7.83. The summed E-state index contributed by atoms with van der Waals surface area (Å²) in [4.78, 5) is 2.43. The number of methoxy groups -OCH3 is 1. The summed E-state index contributed by atoms with van der Waals surface area (Å²) in [6, 6.07) is 5.82. The molecule has 0 spiro atoms. The second-order valence-corrected chi connectivity index (χ2v) is 5.09. The van der Waals surface area contributed by atoms with Gasteiger partial charge in [0, 0.05) is 43.9 Å². The van der Waals surface area contributed by atoms with Gasteiger partial charge in [-0.25, -0.2) is 0 Å². The molecule has 1 aliphatic rings. The van der Waals surface area contributed by atoms with Crippen molar-refractivity contribution in [2.75, 3.05) is 33.3 Å². The van der Waals surface area contributed by atoms with Crippen LogP contribution in [-0.4, -0.2) is 43.3 Å². The first-order chi connectivity index (χ1) is 9.76. The van der Waals surface area contributed by atoms with E-state index in [1.807, 2.05) is 18.2 Å². The Morgan fingerprint density at radius 2 is 2.20 bits per heavy atom. The van der Waals surface area contributed by atoms with Crippen LogP contribution in [0.4, 0.5) is 0 Å². The van der Waals surface area contributed by atoms with Crippen molar-refractivity contribution in [2.24, 2.45) is 0 Å². The molecule has 1 heterocycles. The third kappa shape index (κ3) is 3.52. The van der Waals surface area contributed by atoms with Crippen molar-refractivity contribution in [2.45, 2.75) is 18.9 Å². The fourth-order valence-corrected chi connectivity index (χ4v) is 2.74. The number of ether oxygens (including phenoxy) is 1. The lowest BCUT2D eigenvalue weighted by Crippen LogP contribution is -2.45. The first-order valence-electron chi connectivity index (χ1n) is 7.19. The molecule has 1 fully saturated rings. The highest BCUT2D eigenvalue weighted by Gasteiger charge is 2.23. The van der Waals surface area contributed by atoms with Crippen LogP contribution in [0.1, 0.15) is 24.4 Å². The van der Waals surface area contributed by atoms with E-state index in [-0.39, 0.29) is 6.04 Å². The summed E-state index contributed by atoms with van der Waals surface area (Å²) in [7, 11) is 1.61. The van der Waals surface area contributed by atoms with Gasteiger partial charge in [0.15, 0.2) is 0 Å². The van der Waals surface area contributed by atoms with Crippen LogP contribution in [0.15, 0.2) is 30.9 Å². The van der Waals surface area contributed by atoms with Gasteiger partial charge < -0.3 is 15.2 Å². The van der Waals surface area contributed by atoms with Crippen molar-refractivity contribution in [1.29, 1.82) is 0 Å². The van der Waals surface area contributed by atoms with Crippen LogP contribution in [0.25, 0.3) is 0 Å². The van der Waals surface area contributed by atoms with Crippen LogP contribution < -0.4 is 10.1 Å². The van der Waals surface area contributed by atoms with Gasteiger partial charge in [-0.05, 0) is 18.9 Å². The summed E-state index contributed by atoms with van der Waals surface area (Å²) in [6.07, 6.45) is 3.86. The number of nitrogens with zero attached hydrogens (tertiary/aromatic N) is 1. The molecular formula is C16H24N2O2. The lowest BCUT2D eigenvalue weighted by atomic mass is 9.98. The molecule has 1 aromatic carbocycles. The second-order valence-electron chi connectivity index (χ2n) is 5.09. The number of hydrogen-bond acceptors (Lipinski definition) is 4. The standard InChI is InChI=1S/C16H24N2O2/c1-3-4-5-15(18-10-8-17-9-11-18)14-7-6-13(20-2)12-16(14)19/h3,6-7,12,15,17,19H,1,4-5,8-11H2,2H3/t15-/m1/s1. The van der Waals surface area contributed by atoms with Crippen molar-refractivity contribution in [1.82, 2.24) is 10.2 Å². The monoisotopic (exact) mass is 276 g/mol. The molecule has 1 saturated heterocycles. The summed E-state index contributed by atoms with van der Waals surface area (Å²) in [5.74, 6) is 1.01. The van der Waals surface area contributed by atoms with Gasteiger partial charge in [0.1, 0.15) is 11.5 Å². The minimum Gasteiger partial charge on any atom is -0.507 e. The van der Waals surface area contributed by atoms with Gasteiger partial charge in [0.05, 0.1) is 7.11 Å². The lowest BCUT2D eigenvalue weighted by Gasteiger charge is -2.35. The molecule has 4 heteroatoms. The van der Waals surface area contributed by atoms with Crippen molar-refractivity contribution in [3.8, 4) is 11.5 Å². The Kier molecular flexibility index (Phi) is 5.44. The summed E-state index contributed by atoms with van der Waals surface area (Å²) in [5.41, 5.74) is 0.981. The van der Waals surface area contributed by atoms with Gasteiger partial charge >= 0.3 is 0 Å². The highest BCUT2D eigenvalue weighted by molar-refractivity contribution is 5.41. The fraction of sp³-hybridized carbons (Fsp3) is 0.500. The van der Waals surface area contributed by atoms with E-state index in [2.05, 4.69) is 16.8 Å². The molecule has 0 aliphatic carbocycles. The lowest BCUT2D eigenvalue weighted by molar-refractivity contribution is 0.163. The van der Waals surface area contributed by atoms with E-state index in [4.69, 9.17) is 4.74 Å². The minimum atomic E-state index is 0.237. The van der Waals surface area contributed by atoms with Crippen molar-refractivity contribution >= 4 is 0 Å². The molecular weight excluding hydrogens is 252 g/mol. The summed E-state index contributed by atoms with van der Waals surface area (Å²) < 4.78 is 5.16. The zero-order chi connectivity index (χ0) is 14.4. The first-order valence-corrected chi connectivity index (χ1v) is 7.19. The quantitative estimate of drug-likeness (QED) is 0.783. The van der Waals surface area contributed by atoms with E-state index in [0.717, 1.165) is 44.6 Å². The molecule has 0 unspecified atom stereocenters. The molecule has 0 bridgehead atoms. The van der Waals surface area contributed by atoms with Crippen LogP contribution in [0.2, 0.25) is 0 Å². The number of allylic oxidation sites excluding steroid dienone is 1. The largest absolute Gasteiger partial charge is 0.507 e. The Labute approximate surface area is 121 Å². The molecule has 0 amide bonds. The molecule has 1 aromatic rings. The molecule has 0 saturated carbocycles. The highest BCUT2D eigenvalue weighted by Crippen LogP contribution is 2.34. The Bertz CT molecular complexity index is 442. The van der Waals surface area contributed by atoms with Crippen LogP contribution in [0.3, 0.4) is 0 Å². The SMILES string of the molecule is C=CCC[C@H](c1ccc(OC)cc1O)N1CCNCC1. The normalized spacial score (nSPS) is 17.6. The van der Waals surface area contributed by atoms with Crippen LogP contribution in [-0.2, 0) is 0 Å². The maximum absolute atomic E-state index is 10.3. The Balaban J connectivity index is 2.22. The Morgan fingerprint density at radius 3 is 2.80 bits per heavy atom. The zero-order valence-corrected chi connectivity index (χ0v) is 12.1. The molecule has 1 aliphatic heterocycles. The molecule has 2 rings (SSSR count). The number of phenols is 1. The molecule has 2 N–H and O–H groups in total. The predicted molar refractivity (Wildman–Crippen MR) is 81.3 cm³/mol. The molecule has 20 heavy (non-hydrogen) atoms. The average molecular weight is 276 g/mol. The van der Waals surface area contributed by atoms with E-state index in [9.17, 15) is 5.11 Å². The van der Waals surface area contributed by atoms with Crippen LogP contribution in [0, 0.1) is 0 Å². The summed E-state index contributed by atoms with van der Waals surface area (Å²) in [5, 5.41) is 13.6. The van der Waals surface area contributed by atoms with E-state index in [1.165, 1.54) is 0 Å². The van der Waals surface area contributed by atoms with E-state index < -0.39 is 0 Å². The second kappa shape index (κ2) is 7.31. The van der Waals surface area contributed by atoms with E-state index in [1.54, 1.807) is 13.2 Å². The van der Waals surface area contributed by atoms with Gasteiger partial charge in [-0.15, -0.1) is 6.58 Å². The molecule has 1 atom stereocenters. The fourth-order valence-electron chi connectivity index (χ4n) is 2.74. The molecule has 0 aromatic heterocycles. The molecule has 4 nitrogen and oxygen atoms in total. The average Bonchev–Trinajstić information content (AvgIpc) is 2.50. The van der Waals surface area contributed by atoms with Gasteiger partial charge in [-0.2, -0.15) is 0 Å². The summed E-state index contributed by atoms with van der Waals surface area (Å²) >= 11 is 0. The number of nitrogens with one attached hydrogen (secondary N) is 1. The van der Waals surface area contributed by atoms with Crippen LogP contribution >= 0.6 is 0 Å². The van der Waals surface area contributed by atoms with Crippen molar-refractivity contribution < 1.29 is 9.84 Å². The number of rotatable bonds is 6. The van der Waals surface area contributed by atoms with Gasteiger partial charge in [0.25, 0.3) is 0 Å². The van der Waals surface area contributed by atoms with Crippen molar-refractivity contribution in [3.63, 3.8) is 0 Å². The van der Waals surface area contributed by atoms with E-state index >= 15 is 0 Å². The number of benzene rings is 1. The van der Waals surface area contributed by atoms with E-state index in [0.29, 0.717) is 11.5 Å². The zero-order valence-electron chi connectivity index (χ0n) is 12.1. The third-order valence-electron chi connectivity index (χ3n) is 3.83. The molecule has 0 radical (unpaired) electrons. The number of hydrogen-bond donors (Lipinski definition) is 2. The third-order valence-corrected chi connectivity index (χ3v) is 3.83. The molecule has 110 valence electrons.